The summed E-state index contributed by atoms with van der Waals surface area (Å²) in [6, 6.07) is 4.70. The fourth-order valence-electron chi connectivity index (χ4n) is 1.92. The van der Waals surface area contributed by atoms with Crippen molar-refractivity contribution in [2.45, 2.75) is 31.2 Å². The van der Waals surface area contributed by atoms with E-state index in [0.717, 1.165) is 11.9 Å². The van der Waals surface area contributed by atoms with E-state index in [4.69, 9.17) is 5.73 Å². The number of hydrogen-bond acceptors (Lipinski definition) is 4. The quantitative estimate of drug-likeness (QED) is 0.897. The minimum Gasteiger partial charge on any atom is -0.341 e. The lowest BCUT2D eigenvalue weighted by Crippen LogP contribution is -2.19. The van der Waals surface area contributed by atoms with Gasteiger partial charge in [-0.25, -0.2) is 13.4 Å². The summed E-state index contributed by atoms with van der Waals surface area (Å²) >= 11 is 0. The average Bonchev–Trinajstić information content (AvgIpc) is 2.78. The summed E-state index contributed by atoms with van der Waals surface area (Å²) in [7, 11) is -3.21. The van der Waals surface area contributed by atoms with Gasteiger partial charge in [0, 0.05) is 6.26 Å². The summed E-state index contributed by atoms with van der Waals surface area (Å²) in [4.78, 5) is 7.84. The number of benzene rings is 1. The van der Waals surface area contributed by atoms with Crippen molar-refractivity contribution in [2.75, 3.05) is 6.26 Å². The van der Waals surface area contributed by atoms with Gasteiger partial charge in [-0.2, -0.15) is 0 Å². The molecule has 0 saturated heterocycles. The summed E-state index contributed by atoms with van der Waals surface area (Å²) in [5, 5.41) is 0. The van der Waals surface area contributed by atoms with Gasteiger partial charge in [0.05, 0.1) is 22.0 Å². The molecule has 0 bridgehead atoms. The van der Waals surface area contributed by atoms with Crippen LogP contribution in [0.15, 0.2) is 23.1 Å². The standard InChI is InChI=1S/C13H19N3O2S/c1-4-8(2)12(14)13-15-10-6-5-9(19(3,17)18)7-11(10)16-13/h5-8,12H,4,14H2,1-3H3,(H,15,16). The molecule has 0 radical (unpaired) electrons. The minimum atomic E-state index is -3.21. The van der Waals surface area contributed by atoms with Crippen LogP contribution in [-0.4, -0.2) is 24.6 Å². The molecule has 0 fully saturated rings. The second-order valence-electron chi connectivity index (χ2n) is 4.98. The summed E-state index contributed by atoms with van der Waals surface area (Å²) in [6.45, 7) is 4.15. The smallest absolute Gasteiger partial charge is 0.175 e. The molecule has 0 saturated carbocycles. The molecule has 3 N–H and O–H groups in total. The molecule has 0 amide bonds. The van der Waals surface area contributed by atoms with Crippen LogP contribution < -0.4 is 5.73 Å². The van der Waals surface area contributed by atoms with E-state index in [0.29, 0.717) is 17.3 Å². The number of H-pyrrole nitrogens is 1. The first-order valence-corrected chi connectivity index (χ1v) is 8.17. The van der Waals surface area contributed by atoms with E-state index < -0.39 is 9.84 Å². The monoisotopic (exact) mass is 281 g/mol. The zero-order valence-corrected chi connectivity index (χ0v) is 12.2. The molecule has 0 aliphatic heterocycles. The second-order valence-corrected chi connectivity index (χ2v) is 7.00. The highest BCUT2D eigenvalue weighted by atomic mass is 32.2. The molecule has 5 nitrogen and oxygen atoms in total. The Morgan fingerprint density at radius 2 is 2.11 bits per heavy atom. The van der Waals surface area contributed by atoms with Gasteiger partial charge in [-0.05, 0) is 24.1 Å². The SMILES string of the molecule is CCC(C)C(N)c1nc2ccc(S(C)(=O)=O)cc2[nH]1. The van der Waals surface area contributed by atoms with Crippen molar-refractivity contribution in [3.8, 4) is 0 Å². The third-order valence-electron chi connectivity index (χ3n) is 3.47. The maximum absolute atomic E-state index is 11.5. The van der Waals surface area contributed by atoms with Gasteiger partial charge in [0.25, 0.3) is 0 Å². The number of fused-ring (bicyclic) bond motifs is 1. The number of aromatic amines is 1. The van der Waals surface area contributed by atoms with Crippen molar-refractivity contribution in [1.82, 2.24) is 9.97 Å². The number of sulfone groups is 1. The molecule has 1 aromatic heterocycles. The van der Waals surface area contributed by atoms with Gasteiger partial charge in [0.2, 0.25) is 0 Å². The van der Waals surface area contributed by atoms with Crippen molar-refractivity contribution in [1.29, 1.82) is 0 Å². The summed E-state index contributed by atoms with van der Waals surface area (Å²) in [5.74, 6) is 1.02. The molecule has 19 heavy (non-hydrogen) atoms. The van der Waals surface area contributed by atoms with Crippen LogP contribution in [0.1, 0.15) is 32.1 Å². The fraction of sp³-hybridized carbons (Fsp3) is 0.462. The molecule has 1 heterocycles. The van der Waals surface area contributed by atoms with Crippen molar-refractivity contribution in [3.05, 3.63) is 24.0 Å². The van der Waals surface area contributed by atoms with Crippen LogP contribution in [0.25, 0.3) is 11.0 Å². The second kappa shape index (κ2) is 4.94. The van der Waals surface area contributed by atoms with Gasteiger partial charge in [0.1, 0.15) is 5.82 Å². The van der Waals surface area contributed by atoms with E-state index in [2.05, 4.69) is 23.8 Å². The lowest BCUT2D eigenvalue weighted by atomic mass is 10.00. The Bertz CT molecular complexity index is 691. The minimum absolute atomic E-state index is 0.168. The van der Waals surface area contributed by atoms with E-state index in [1.54, 1.807) is 18.2 Å². The van der Waals surface area contributed by atoms with E-state index in [1.807, 2.05) is 0 Å². The van der Waals surface area contributed by atoms with Gasteiger partial charge in [-0.1, -0.05) is 20.3 Å². The van der Waals surface area contributed by atoms with Crippen LogP contribution in [0.3, 0.4) is 0 Å². The van der Waals surface area contributed by atoms with Crippen LogP contribution >= 0.6 is 0 Å². The third kappa shape index (κ3) is 2.79. The molecule has 104 valence electrons. The van der Waals surface area contributed by atoms with Gasteiger partial charge in [-0.3, -0.25) is 0 Å². The Morgan fingerprint density at radius 1 is 1.42 bits per heavy atom. The fourth-order valence-corrected chi connectivity index (χ4v) is 2.57. The maximum Gasteiger partial charge on any atom is 0.175 e. The Morgan fingerprint density at radius 3 is 2.68 bits per heavy atom. The van der Waals surface area contributed by atoms with Crippen LogP contribution in [0.2, 0.25) is 0 Å². The molecule has 6 heteroatoms. The number of nitrogens with zero attached hydrogens (tertiary/aromatic N) is 1. The summed E-state index contributed by atoms with van der Waals surface area (Å²) in [5.41, 5.74) is 7.57. The predicted molar refractivity (Wildman–Crippen MR) is 75.6 cm³/mol. The van der Waals surface area contributed by atoms with Crippen LogP contribution in [0, 0.1) is 5.92 Å². The number of imidazole rings is 1. The van der Waals surface area contributed by atoms with Crippen LogP contribution in [0.4, 0.5) is 0 Å². The van der Waals surface area contributed by atoms with E-state index in [9.17, 15) is 8.42 Å². The maximum atomic E-state index is 11.5. The topological polar surface area (TPSA) is 88.8 Å². The van der Waals surface area contributed by atoms with Crippen LogP contribution in [-0.2, 0) is 9.84 Å². The Balaban J connectivity index is 2.47. The molecule has 1 aromatic carbocycles. The molecular formula is C13H19N3O2S. The van der Waals surface area contributed by atoms with Crippen molar-refractivity contribution in [3.63, 3.8) is 0 Å². The zero-order valence-electron chi connectivity index (χ0n) is 11.3. The first kappa shape index (κ1) is 14.0. The highest BCUT2D eigenvalue weighted by Crippen LogP contribution is 2.23. The Labute approximate surface area is 113 Å². The third-order valence-corrected chi connectivity index (χ3v) is 4.58. The van der Waals surface area contributed by atoms with Crippen LogP contribution in [0.5, 0.6) is 0 Å². The molecule has 2 rings (SSSR count). The molecule has 0 spiro atoms. The highest BCUT2D eigenvalue weighted by molar-refractivity contribution is 7.90. The first-order valence-electron chi connectivity index (χ1n) is 6.28. The number of nitrogens with two attached hydrogens (primary N) is 1. The number of aromatic nitrogens is 2. The predicted octanol–water partition coefficient (Wildman–Crippen LogP) is 2.01. The van der Waals surface area contributed by atoms with Crippen molar-refractivity contribution in [2.24, 2.45) is 11.7 Å². The average molecular weight is 281 g/mol. The molecular weight excluding hydrogens is 262 g/mol. The Hall–Kier alpha value is -1.40. The van der Waals surface area contributed by atoms with Gasteiger partial charge < -0.3 is 10.7 Å². The molecule has 2 aromatic rings. The van der Waals surface area contributed by atoms with Gasteiger partial charge in [0.15, 0.2) is 9.84 Å². The number of nitrogens with one attached hydrogen (secondary N) is 1. The number of hydrogen-bond donors (Lipinski definition) is 2. The first-order chi connectivity index (χ1) is 8.82. The molecule has 2 atom stereocenters. The normalized spacial score (nSPS) is 15.6. The van der Waals surface area contributed by atoms with Gasteiger partial charge in [-0.15, -0.1) is 0 Å². The summed E-state index contributed by atoms with van der Waals surface area (Å²) in [6.07, 6.45) is 2.16. The van der Waals surface area contributed by atoms with E-state index in [-0.39, 0.29) is 10.9 Å². The molecule has 2 unspecified atom stereocenters. The van der Waals surface area contributed by atoms with E-state index >= 15 is 0 Å². The number of rotatable bonds is 4. The van der Waals surface area contributed by atoms with Gasteiger partial charge >= 0.3 is 0 Å². The lowest BCUT2D eigenvalue weighted by Gasteiger charge is -2.15. The van der Waals surface area contributed by atoms with E-state index in [1.165, 1.54) is 6.26 Å². The zero-order chi connectivity index (χ0) is 14.2. The van der Waals surface area contributed by atoms with Crippen molar-refractivity contribution < 1.29 is 8.42 Å². The lowest BCUT2D eigenvalue weighted by molar-refractivity contribution is 0.442. The molecule has 0 aliphatic carbocycles. The highest BCUT2D eigenvalue weighted by Gasteiger charge is 2.17. The largest absolute Gasteiger partial charge is 0.341 e. The summed E-state index contributed by atoms with van der Waals surface area (Å²) < 4.78 is 23.0. The molecule has 0 aliphatic rings. The Kier molecular flexibility index (Phi) is 3.64. The van der Waals surface area contributed by atoms with Crippen molar-refractivity contribution >= 4 is 20.9 Å².